The number of hydrogen-bond donors (Lipinski definition) is 1. The van der Waals surface area contributed by atoms with Crippen LogP contribution in [0.4, 0.5) is 0 Å². The average Bonchev–Trinajstić information content (AvgIpc) is 3.29. The zero-order valence-electron chi connectivity index (χ0n) is 16.1. The predicted molar refractivity (Wildman–Crippen MR) is 123 cm³/mol. The number of aryl methyl sites for hydroxylation is 1. The summed E-state index contributed by atoms with van der Waals surface area (Å²) in [6.45, 7) is 6.45. The highest BCUT2D eigenvalue weighted by Gasteiger charge is 2.24. The summed E-state index contributed by atoms with van der Waals surface area (Å²) in [6.07, 6.45) is 2.08. The Balaban J connectivity index is 0.00000261. The molecule has 1 N–H and O–H groups in total. The van der Waals surface area contributed by atoms with Crippen LogP contribution >= 0.6 is 35.3 Å². The van der Waals surface area contributed by atoms with Crippen LogP contribution in [0, 0.1) is 12.8 Å². The van der Waals surface area contributed by atoms with Crippen molar-refractivity contribution in [2.75, 3.05) is 33.3 Å². The van der Waals surface area contributed by atoms with Gasteiger partial charge < -0.3 is 15.0 Å². The Morgan fingerprint density at radius 3 is 2.89 bits per heavy atom. The fourth-order valence-corrected chi connectivity index (χ4v) is 3.88. The number of halogens is 1. The maximum absolute atomic E-state index is 5.91. The molecule has 5 nitrogen and oxygen atoms in total. The summed E-state index contributed by atoms with van der Waals surface area (Å²) >= 11 is 1.71. The molecule has 0 aliphatic carbocycles. The van der Waals surface area contributed by atoms with E-state index < -0.39 is 0 Å². The van der Waals surface area contributed by atoms with Crippen molar-refractivity contribution in [3.8, 4) is 0 Å². The highest BCUT2D eigenvalue weighted by Crippen LogP contribution is 2.17. The maximum atomic E-state index is 5.91. The molecule has 27 heavy (non-hydrogen) atoms. The monoisotopic (exact) mass is 500 g/mol. The molecule has 2 aromatic rings. The van der Waals surface area contributed by atoms with Crippen molar-refractivity contribution >= 4 is 41.3 Å². The lowest BCUT2D eigenvalue weighted by molar-refractivity contribution is 0.0907. The van der Waals surface area contributed by atoms with Gasteiger partial charge in [-0.05, 0) is 18.9 Å². The summed E-state index contributed by atoms with van der Waals surface area (Å²) in [5, 5.41) is 6.73. The second-order valence-electron chi connectivity index (χ2n) is 6.68. The minimum absolute atomic E-state index is 0. The molecular formula is C20H29IN4OS. The normalized spacial score (nSPS) is 17.0. The molecule has 1 aromatic heterocycles. The van der Waals surface area contributed by atoms with E-state index in [4.69, 9.17) is 4.74 Å². The average molecular weight is 500 g/mol. The highest BCUT2D eigenvalue weighted by atomic mass is 127. The molecule has 0 amide bonds. The smallest absolute Gasteiger partial charge is 0.193 e. The van der Waals surface area contributed by atoms with Crippen LogP contribution in [0.2, 0.25) is 0 Å². The van der Waals surface area contributed by atoms with Gasteiger partial charge >= 0.3 is 0 Å². The van der Waals surface area contributed by atoms with E-state index in [0.717, 1.165) is 55.7 Å². The van der Waals surface area contributed by atoms with Crippen LogP contribution in [-0.4, -0.2) is 49.1 Å². The van der Waals surface area contributed by atoms with E-state index in [1.807, 2.05) is 20.0 Å². The molecule has 1 saturated heterocycles. The minimum Gasteiger partial charge on any atom is -0.376 e. The van der Waals surface area contributed by atoms with E-state index in [1.165, 1.54) is 5.56 Å². The van der Waals surface area contributed by atoms with Gasteiger partial charge in [-0.2, -0.15) is 0 Å². The molecule has 148 valence electrons. The van der Waals surface area contributed by atoms with Crippen molar-refractivity contribution in [3.63, 3.8) is 0 Å². The lowest BCUT2D eigenvalue weighted by atomic mass is 10.1. The van der Waals surface area contributed by atoms with Crippen LogP contribution in [0.3, 0.4) is 0 Å². The Bertz CT molecular complexity index is 707. The molecular weight excluding hydrogens is 471 g/mol. The fraction of sp³-hybridized carbons (Fsp3) is 0.500. The molecule has 0 saturated carbocycles. The summed E-state index contributed by atoms with van der Waals surface area (Å²) in [7, 11) is 1.86. The van der Waals surface area contributed by atoms with E-state index in [9.17, 15) is 0 Å². The standard InChI is InChI=1S/C20H28N4OS.HI/c1-16-23-19(15-26-16)8-10-22-20(21-2)24-11-9-18(12-24)14-25-13-17-6-4-3-5-7-17;/h3-7,15,18H,8-14H2,1-2H3,(H,21,22);1H. The lowest BCUT2D eigenvalue weighted by Crippen LogP contribution is -2.41. The molecule has 1 fully saturated rings. The number of rotatable bonds is 7. The SMILES string of the molecule is CN=C(NCCc1csc(C)n1)N1CCC(COCc2ccccc2)C1.I. The Morgan fingerprint density at radius 2 is 2.19 bits per heavy atom. The quantitative estimate of drug-likeness (QED) is 0.358. The summed E-state index contributed by atoms with van der Waals surface area (Å²) in [4.78, 5) is 11.3. The number of nitrogens with one attached hydrogen (secondary N) is 1. The molecule has 3 rings (SSSR count). The maximum Gasteiger partial charge on any atom is 0.193 e. The molecule has 0 radical (unpaired) electrons. The van der Waals surface area contributed by atoms with Crippen molar-refractivity contribution in [2.24, 2.45) is 10.9 Å². The van der Waals surface area contributed by atoms with Gasteiger partial charge in [-0.15, -0.1) is 35.3 Å². The predicted octanol–water partition coefficient (Wildman–Crippen LogP) is 3.73. The van der Waals surface area contributed by atoms with Crippen LogP contribution in [0.25, 0.3) is 0 Å². The van der Waals surface area contributed by atoms with E-state index >= 15 is 0 Å². The third-order valence-corrected chi connectivity index (χ3v) is 5.42. The number of guanidine groups is 1. The Labute approximate surface area is 183 Å². The van der Waals surface area contributed by atoms with Crippen molar-refractivity contribution in [3.05, 3.63) is 52.0 Å². The fourth-order valence-electron chi connectivity index (χ4n) is 3.24. The zero-order chi connectivity index (χ0) is 18.2. The van der Waals surface area contributed by atoms with Crippen molar-refractivity contribution in [2.45, 2.75) is 26.4 Å². The highest BCUT2D eigenvalue weighted by molar-refractivity contribution is 14.0. The first-order valence-corrected chi connectivity index (χ1v) is 10.1. The third-order valence-electron chi connectivity index (χ3n) is 4.59. The van der Waals surface area contributed by atoms with Gasteiger partial charge in [0.25, 0.3) is 0 Å². The molecule has 1 unspecified atom stereocenters. The number of ether oxygens (including phenoxy) is 1. The van der Waals surface area contributed by atoms with Gasteiger partial charge in [0.2, 0.25) is 0 Å². The number of aromatic nitrogens is 1. The third kappa shape index (κ3) is 7.04. The number of aliphatic imine (C=N–C) groups is 1. The van der Waals surface area contributed by atoms with Crippen molar-refractivity contribution < 1.29 is 4.74 Å². The second-order valence-corrected chi connectivity index (χ2v) is 7.75. The summed E-state index contributed by atoms with van der Waals surface area (Å²) in [6, 6.07) is 10.4. The lowest BCUT2D eigenvalue weighted by Gasteiger charge is -2.21. The Hall–Kier alpha value is -1.19. The molecule has 1 aliphatic rings. The number of hydrogen-bond acceptors (Lipinski definition) is 4. The molecule has 7 heteroatoms. The number of nitrogens with zero attached hydrogens (tertiary/aromatic N) is 3. The summed E-state index contributed by atoms with van der Waals surface area (Å²) in [5.41, 5.74) is 2.39. The zero-order valence-corrected chi connectivity index (χ0v) is 19.2. The van der Waals surface area contributed by atoms with E-state index in [0.29, 0.717) is 12.5 Å². The number of benzene rings is 1. The van der Waals surface area contributed by atoms with Gasteiger partial charge in [-0.1, -0.05) is 30.3 Å². The first-order chi connectivity index (χ1) is 12.7. The summed E-state index contributed by atoms with van der Waals surface area (Å²) in [5.74, 6) is 1.56. The first-order valence-electron chi connectivity index (χ1n) is 9.23. The van der Waals surface area contributed by atoms with Crippen LogP contribution in [-0.2, 0) is 17.8 Å². The van der Waals surface area contributed by atoms with Gasteiger partial charge in [-0.3, -0.25) is 4.99 Å². The number of thiazole rings is 1. The van der Waals surface area contributed by atoms with Gasteiger partial charge in [-0.25, -0.2) is 4.98 Å². The Kier molecular flexibility index (Phi) is 9.50. The van der Waals surface area contributed by atoms with Crippen LogP contribution < -0.4 is 5.32 Å². The van der Waals surface area contributed by atoms with E-state index in [2.05, 4.69) is 49.8 Å². The van der Waals surface area contributed by atoms with Gasteiger partial charge in [0.05, 0.1) is 23.9 Å². The van der Waals surface area contributed by atoms with Gasteiger partial charge in [0, 0.05) is 44.4 Å². The summed E-state index contributed by atoms with van der Waals surface area (Å²) < 4.78 is 5.91. The molecule has 1 aromatic carbocycles. The molecule has 0 spiro atoms. The molecule has 1 aliphatic heterocycles. The van der Waals surface area contributed by atoms with Crippen molar-refractivity contribution in [1.82, 2.24) is 15.2 Å². The first kappa shape index (κ1) is 22.1. The number of likely N-dealkylation sites (tertiary alicyclic amines) is 1. The molecule has 0 bridgehead atoms. The minimum atomic E-state index is 0. The topological polar surface area (TPSA) is 49.8 Å². The van der Waals surface area contributed by atoms with Gasteiger partial charge in [0.15, 0.2) is 5.96 Å². The van der Waals surface area contributed by atoms with Crippen LogP contribution in [0.5, 0.6) is 0 Å². The second kappa shape index (κ2) is 11.6. The van der Waals surface area contributed by atoms with Gasteiger partial charge in [0.1, 0.15) is 0 Å². The van der Waals surface area contributed by atoms with Crippen LogP contribution in [0.15, 0.2) is 40.7 Å². The van der Waals surface area contributed by atoms with E-state index in [-0.39, 0.29) is 24.0 Å². The van der Waals surface area contributed by atoms with Crippen molar-refractivity contribution in [1.29, 1.82) is 0 Å². The largest absolute Gasteiger partial charge is 0.376 e. The molecule has 2 heterocycles. The van der Waals surface area contributed by atoms with Crippen LogP contribution in [0.1, 0.15) is 22.7 Å². The van der Waals surface area contributed by atoms with E-state index in [1.54, 1.807) is 11.3 Å². The Morgan fingerprint density at radius 1 is 1.37 bits per heavy atom. The molecule has 1 atom stereocenters.